The van der Waals surface area contributed by atoms with Gasteiger partial charge in [-0.15, -0.1) is 0 Å². The Kier molecular flexibility index (Phi) is 2.94. The fraction of sp³-hybridized carbons (Fsp3) is 0.250. The molecule has 0 saturated carbocycles. The molecule has 0 spiro atoms. The standard InChI is InChI=1S/C8H10N2O3/c9-6(4-11)7-3-5(8(12)13)1-2-10-7/h1-3,6,11H,4,9H2,(H,12,13)/t6-/m0/s1. The first-order valence-corrected chi connectivity index (χ1v) is 3.71. The highest BCUT2D eigenvalue weighted by Gasteiger charge is 2.09. The average Bonchev–Trinajstić information content (AvgIpc) is 2.17. The van der Waals surface area contributed by atoms with E-state index in [1.54, 1.807) is 0 Å². The fourth-order valence-electron chi connectivity index (χ4n) is 0.878. The van der Waals surface area contributed by atoms with Gasteiger partial charge in [-0.1, -0.05) is 0 Å². The first-order valence-electron chi connectivity index (χ1n) is 3.71. The Balaban J connectivity index is 2.98. The van der Waals surface area contributed by atoms with Gasteiger partial charge >= 0.3 is 5.97 Å². The first-order chi connectivity index (χ1) is 6.15. The summed E-state index contributed by atoms with van der Waals surface area (Å²) >= 11 is 0. The maximum atomic E-state index is 10.5. The molecule has 0 amide bonds. The quantitative estimate of drug-likeness (QED) is 0.600. The summed E-state index contributed by atoms with van der Waals surface area (Å²) in [4.78, 5) is 14.4. The van der Waals surface area contributed by atoms with Crippen LogP contribution in [0.5, 0.6) is 0 Å². The Morgan fingerprint density at radius 1 is 1.69 bits per heavy atom. The summed E-state index contributed by atoms with van der Waals surface area (Å²) in [6.07, 6.45) is 1.36. The third-order valence-corrected chi connectivity index (χ3v) is 1.60. The van der Waals surface area contributed by atoms with Crippen molar-refractivity contribution in [2.45, 2.75) is 6.04 Å². The predicted octanol–water partition coefficient (Wildman–Crippen LogP) is -0.228. The number of nitrogens with zero attached hydrogens (tertiary/aromatic N) is 1. The molecule has 0 bridgehead atoms. The SMILES string of the molecule is N[C@@H](CO)c1cc(C(=O)O)ccn1. The van der Waals surface area contributed by atoms with Crippen LogP contribution in [0.15, 0.2) is 18.3 Å². The summed E-state index contributed by atoms with van der Waals surface area (Å²) in [6, 6.07) is 2.10. The van der Waals surface area contributed by atoms with Gasteiger partial charge in [-0.2, -0.15) is 0 Å². The Bertz CT molecular complexity index is 314. The summed E-state index contributed by atoms with van der Waals surface area (Å²) in [6.45, 7) is -0.254. The van der Waals surface area contributed by atoms with Crippen LogP contribution in [-0.2, 0) is 0 Å². The molecule has 0 aliphatic heterocycles. The molecule has 1 heterocycles. The third-order valence-electron chi connectivity index (χ3n) is 1.60. The second-order valence-corrected chi connectivity index (χ2v) is 2.56. The van der Waals surface area contributed by atoms with Gasteiger partial charge in [-0.25, -0.2) is 4.79 Å². The molecule has 1 atom stereocenters. The Hall–Kier alpha value is -1.46. The highest BCUT2D eigenvalue weighted by Crippen LogP contribution is 2.08. The van der Waals surface area contributed by atoms with Crippen LogP contribution in [-0.4, -0.2) is 27.8 Å². The van der Waals surface area contributed by atoms with Crippen molar-refractivity contribution in [3.8, 4) is 0 Å². The van der Waals surface area contributed by atoms with E-state index in [9.17, 15) is 4.79 Å². The van der Waals surface area contributed by atoms with Crippen LogP contribution in [0, 0.1) is 0 Å². The number of aliphatic hydroxyl groups is 1. The smallest absolute Gasteiger partial charge is 0.335 e. The number of aromatic carboxylic acids is 1. The van der Waals surface area contributed by atoms with Gasteiger partial charge in [0, 0.05) is 6.20 Å². The van der Waals surface area contributed by atoms with Gasteiger partial charge in [0.05, 0.1) is 23.9 Å². The van der Waals surface area contributed by atoms with Crippen LogP contribution in [0.1, 0.15) is 22.1 Å². The lowest BCUT2D eigenvalue weighted by Gasteiger charge is -2.06. The zero-order valence-electron chi connectivity index (χ0n) is 6.84. The molecule has 0 radical (unpaired) electrons. The molecule has 0 fully saturated rings. The molecule has 1 rings (SSSR count). The van der Waals surface area contributed by atoms with E-state index in [4.69, 9.17) is 15.9 Å². The Morgan fingerprint density at radius 3 is 2.92 bits per heavy atom. The summed E-state index contributed by atoms with van der Waals surface area (Å²) in [5.74, 6) is -1.03. The van der Waals surface area contributed by atoms with Crippen molar-refractivity contribution in [1.29, 1.82) is 0 Å². The number of nitrogens with two attached hydrogens (primary N) is 1. The normalized spacial score (nSPS) is 12.5. The topological polar surface area (TPSA) is 96.4 Å². The molecule has 0 aromatic carbocycles. The van der Waals surface area contributed by atoms with E-state index in [1.165, 1.54) is 18.3 Å². The van der Waals surface area contributed by atoms with Crippen LogP contribution < -0.4 is 5.73 Å². The number of carboxylic acid groups (broad SMARTS) is 1. The number of aliphatic hydroxyl groups excluding tert-OH is 1. The van der Waals surface area contributed by atoms with Gasteiger partial charge < -0.3 is 15.9 Å². The largest absolute Gasteiger partial charge is 0.478 e. The maximum Gasteiger partial charge on any atom is 0.335 e. The predicted molar refractivity (Wildman–Crippen MR) is 45.2 cm³/mol. The van der Waals surface area contributed by atoms with Gasteiger partial charge in [0.1, 0.15) is 0 Å². The molecule has 0 aliphatic carbocycles. The molecular weight excluding hydrogens is 172 g/mol. The number of hydrogen-bond donors (Lipinski definition) is 3. The minimum absolute atomic E-state index is 0.119. The van der Waals surface area contributed by atoms with Gasteiger partial charge in [0.25, 0.3) is 0 Å². The number of pyridine rings is 1. The highest BCUT2D eigenvalue weighted by atomic mass is 16.4. The Labute approximate surface area is 74.8 Å². The summed E-state index contributed by atoms with van der Waals surface area (Å²) in [7, 11) is 0. The zero-order chi connectivity index (χ0) is 9.84. The van der Waals surface area contributed by atoms with Crippen molar-refractivity contribution >= 4 is 5.97 Å². The second kappa shape index (κ2) is 3.97. The monoisotopic (exact) mass is 182 g/mol. The minimum atomic E-state index is -1.03. The Morgan fingerprint density at radius 2 is 2.38 bits per heavy atom. The number of carboxylic acids is 1. The molecule has 5 heteroatoms. The van der Waals surface area contributed by atoms with Crippen molar-refractivity contribution in [2.24, 2.45) is 5.73 Å². The molecule has 4 N–H and O–H groups in total. The number of rotatable bonds is 3. The molecular formula is C8H10N2O3. The van der Waals surface area contributed by atoms with E-state index in [1.807, 2.05) is 0 Å². The van der Waals surface area contributed by atoms with Crippen LogP contribution in [0.4, 0.5) is 0 Å². The van der Waals surface area contributed by atoms with Gasteiger partial charge in [-0.3, -0.25) is 4.98 Å². The van der Waals surface area contributed by atoms with E-state index in [-0.39, 0.29) is 12.2 Å². The molecule has 1 aromatic heterocycles. The number of hydrogen-bond acceptors (Lipinski definition) is 4. The van der Waals surface area contributed by atoms with Crippen molar-refractivity contribution in [3.63, 3.8) is 0 Å². The molecule has 70 valence electrons. The van der Waals surface area contributed by atoms with Gasteiger partial charge in [0.15, 0.2) is 0 Å². The lowest BCUT2D eigenvalue weighted by Crippen LogP contribution is -2.16. The molecule has 0 unspecified atom stereocenters. The summed E-state index contributed by atoms with van der Waals surface area (Å²) < 4.78 is 0. The maximum absolute atomic E-state index is 10.5. The summed E-state index contributed by atoms with van der Waals surface area (Å²) in [5, 5.41) is 17.3. The number of aromatic nitrogens is 1. The summed E-state index contributed by atoms with van der Waals surface area (Å²) in [5.41, 5.74) is 5.95. The average molecular weight is 182 g/mol. The lowest BCUT2D eigenvalue weighted by molar-refractivity contribution is 0.0696. The van der Waals surface area contributed by atoms with E-state index in [0.717, 1.165) is 0 Å². The minimum Gasteiger partial charge on any atom is -0.478 e. The lowest BCUT2D eigenvalue weighted by atomic mass is 10.1. The molecule has 1 aromatic rings. The van der Waals surface area contributed by atoms with E-state index < -0.39 is 12.0 Å². The van der Waals surface area contributed by atoms with Crippen LogP contribution >= 0.6 is 0 Å². The van der Waals surface area contributed by atoms with E-state index in [2.05, 4.69) is 4.98 Å². The van der Waals surface area contributed by atoms with Crippen LogP contribution in [0.25, 0.3) is 0 Å². The van der Waals surface area contributed by atoms with E-state index in [0.29, 0.717) is 5.69 Å². The van der Waals surface area contributed by atoms with Crippen molar-refractivity contribution in [2.75, 3.05) is 6.61 Å². The van der Waals surface area contributed by atoms with E-state index >= 15 is 0 Å². The molecule has 0 aliphatic rings. The highest BCUT2D eigenvalue weighted by molar-refractivity contribution is 5.87. The van der Waals surface area contributed by atoms with Crippen LogP contribution in [0.3, 0.4) is 0 Å². The molecule has 0 saturated heterocycles. The number of carbonyl (C=O) groups is 1. The van der Waals surface area contributed by atoms with Crippen molar-refractivity contribution in [3.05, 3.63) is 29.6 Å². The molecule has 5 nitrogen and oxygen atoms in total. The van der Waals surface area contributed by atoms with Gasteiger partial charge in [0.2, 0.25) is 0 Å². The zero-order valence-corrected chi connectivity index (χ0v) is 6.84. The van der Waals surface area contributed by atoms with Gasteiger partial charge in [-0.05, 0) is 12.1 Å². The first kappa shape index (κ1) is 9.63. The van der Waals surface area contributed by atoms with Crippen molar-refractivity contribution in [1.82, 2.24) is 4.98 Å². The fourth-order valence-corrected chi connectivity index (χ4v) is 0.878. The molecule has 13 heavy (non-hydrogen) atoms. The van der Waals surface area contributed by atoms with Crippen molar-refractivity contribution < 1.29 is 15.0 Å². The third kappa shape index (κ3) is 2.24. The van der Waals surface area contributed by atoms with Crippen LogP contribution in [0.2, 0.25) is 0 Å². The second-order valence-electron chi connectivity index (χ2n) is 2.56.